The highest BCUT2D eigenvalue weighted by atomic mass is 32.2. The largest absolute Gasteiger partial charge is 0.549 e. The van der Waals surface area contributed by atoms with Crippen molar-refractivity contribution in [3.05, 3.63) is 45.7 Å². The van der Waals surface area contributed by atoms with Gasteiger partial charge in [0.1, 0.15) is 0 Å². The number of aliphatic carboxylic acids is 1. The van der Waals surface area contributed by atoms with Gasteiger partial charge in [0.25, 0.3) is 5.56 Å². The quantitative estimate of drug-likeness (QED) is 0.771. The minimum absolute atomic E-state index is 0.106. The van der Waals surface area contributed by atoms with Crippen LogP contribution in [0.15, 0.2) is 34.2 Å². The molecule has 1 aromatic carbocycles. The highest BCUT2D eigenvalue weighted by Crippen LogP contribution is 2.43. The molecule has 6 heteroatoms. The van der Waals surface area contributed by atoms with Crippen molar-refractivity contribution in [1.29, 1.82) is 0 Å². The van der Waals surface area contributed by atoms with Gasteiger partial charge in [-0.25, -0.2) is 4.98 Å². The Morgan fingerprint density at radius 1 is 1.46 bits per heavy atom. The molecule has 2 atom stereocenters. The molecule has 1 aromatic heterocycles. The van der Waals surface area contributed by atoms with Crippen molar-refractivity contribution in [1.82, 2.24) is 9.55 Å². The second-order valence-electron chi connectivity index (χ2n) is 6.71. The topological polar surface area (TPSA) is 75.0 Å². The highest BCUT2D eigenvalue weighted by Gasteiger charge is 2.39. The molecule has 0 radical (unpaired) electrons. The zero-order chi connectivity index (χ0) is 17.1. The predicted molar refractivity (Wildman–Crippen MR) is 89.9 cm³/mol. The molecule has 0 amide bonds. The predicted octanol–water partition coefficient (Wildman–Crippen LogP) is 1.36. The molecule has 24 heavy (non-hydrogen) atoms. The molecule has 5 nitrogen and oxygen atoms in total. The summed E-state index contributed by atoms with van der Waals surface area (Å²) in [6.07, 6.45) is 1.61. The molecule has 2 aromatic rings. The molecule has 0 saturated heterocycles. The van der Waals surface area contributed by atoms with Crippen LogP contribution < -0.4 is 10.7 Å². The number of carbonyl (C=O) groups excluding carboxylic acids is 1. The summed E-state index contributed by atoms with van der Waals surface area (Å²) in [5.74, 6) is -1.15. The van der Waals surface area contributed by atoms with Crippen molar-refractivity contribution in [2.45, 2.75) is 49.1 Å². The summed E-state index contributed by atoms with van der Waals surface area (Å²) in [6, 6.07) is 8.01. The smallest absolute Gasteiger partial charge is 0.258 e. The first-order valence-corrected chi connectivity index (χ1v) is 8.93. The first-order valence-electron chi connectivity index (χ1n) is 8.05. The minimum atomic E-state index is -1.15. The minimum Gasteiger partial charge on any atom is -0.549 e. The highest BCUT2D eigenvalue weighted by molar-refractivity contribution is 8.00. The van der Waals surface area contributed by atoms with Crippen molar-refractivity contribution in [2.24, 2.45) is 0 Å². The standard InChI is InChI=1S/C18H18N2O3S/c1-3-18(2)8-10-6-4-5-7-11(10)14-13(18)15(21)20-9-12(16(22)23)24-17(20)19-14/h4-7,12H,3,8-9H2,1-2H3,(H,22,23)/p-1. The molecule has 2 aliphatic rings. The molecular weight excluding hydrogens is 324 g/mol. The van der Waals surface area contributed by atoms with Crippen LogP contribution in [0.5, 0.6) is 0 Å². The average Bonchev–Trinajstić information content (AvgIpc) is 3.00. The lowest BCUT2D eigenvalue weighted by atomic mass is 9.69. The number of aromatic nitrogens is 2. The molecule has 1 aliphatic heterocycles. The summed E-state index contributed by atoms with van der Waals surface area (Å²) in [5, 5.41) is 10.9. The SMILES string of the molecule is CCC1(C)Cc2ccccc2-c2nc3n(c(=O)c21)CC(C(=O)[O-])S3. The van der Waals surface area contributed by atoms with Crippen LogP contribution in [0.2, 0.25) is 0 Å². The van der Waals surface area contributed by atoms with Crippen LogP contribution in [0.4, 0.5) is 0 Å². The van der Waals surface area contributed by atoms with E-state index in [0.717, 1.165) is 30.2 Å². The summed E-state index contributed by atoms with van der Waals surface area (Å²) in [4.78, 5) is 29.1. The maximum atomic E-state index is 13.2. The lowest BCUT2D eigenvalue weighted by Crippen LogP contribution is -2.40. The normalized spacial score (nSPS) is 24.2. The molecule has 124 valence electrons. The first kappa shape index (κ1) is 15.4. The molecular formula is C18H17N2O3S-. The zero-order valence-electron chi connectivity index (χ0n) is 13.5. The summed E-state index contributed by atoms with van der Waals surface area (Å²) < 4.78 is 1.51. The number of fused-ring (bicyclic) bond motifs is 4. The van der Waals surface area contributed by atoms with Crippen LogP contribution in [0, 0.1) is 0 Å². The summed E-state index contributed by atoms with van der Waals surface area (Å²) in [7, 11) is 0. The Kier molecular flexibility index (Phi) is 3.35. The monoisotopic (exact) mass is 341 g/mol. The van der Waals surface area contributed by atoms with Gasteiger partial charge in [-0.05, 0) is 18.4 Å². The Bertz CT molecular complexity index is 921. The van der Waals surface area contributed by atoms with Gasteiger partial charge in [0, 0.05) is 17.5 Å². The Hall–Kier alpha value is -2.08. The van der Waals surface area contributed by atoms with Crippen molar-refractivity contribution >= 4 is 17.7 Å². The van der Waals surface area contributed by atoms with Gasteiger partial charge in [0.15, 0.2) is 5.16 Å². The fourth-order valence-corrected chi connectivity index (χ4v) is 4.70. The van der Waals surface area contributed by atoms with E-state index >= 15 is 0 Å². The zero-order valence-corrected chi connectivity index (χ0v) is 14.4. The number of rotatable bonds is 2. The third-order valence-electron chi connectivity index (χ3n) is 5.23. The van der Waals surface area contributed by atoms with Crippen molar-refractivity contribution in [3.63, 3.8) is 0 Å². The van der Waals surface area contributed by atoms with Gasteiger partial charge in [-0.2, -0.15) is 0 Å². The van der Waals surface area contributed by atoms with E-state index in [2.05, 4.69) is 19.9 Å². The molecule has 0 bridgehead atoms. The van der Waals surface area contributed by atoms with E-state index in [1.807, 2.05) is 18.2 Å². The molecule has 0 fully saturated rings. The van der Waals surface area contributed by atoms with Gasteiger partial charge in [0.2, 0.25) is 0 Å². The number of carboxylic acid groups (broad SMARTS) is 1. The maximum absolute atomic E-state index is 13.2. The first-order chi connectivity index (χ1) is 11.4. The van der Waals surface area contributed by atoms with Crippen LogP contribution in [0.3, 0.4) is 0 Å². The number of thioether (sulfide) groups is 1. The molecule has 0 N–H and O–H groups in total. The van der Waals surface area contributed by atoms with Gasteiger partial charge in [-0.15, -0.1) is 0 Å². The van der Waals surface area contributed by atoms with Gasteiger partial charge < -0.3 is 9.90 Å². The average molecular weight is 341 g/mol. The van der Waals surface area contributed by atoms with Gasteiger partial charge in [0.05, 0.1) is 22.5 Å². The fourth-order valence-electron chi connectivity index (χ4n) is 3.69. The maximum Gasteiger partial charge on any atom is 0.258 e. The lowest BCUT2D eigenvalue weighted by molar-refractivity contribution is -0.304. The number of hydrogen-bond acceptors (Lipinski definition) is 5. The fraction of sp³-hybridized carbons (Fsp3) is 0.389. The van der Waals surface area contributed by atoms with E-state index in [1.54, 1.807) is 0 Å². The molecule has 1 aliphatic carbocycles. The second kappa shape index (κ2) is 5.21. The van der Waals surface area contributed by atoms with E-state index in [0.29, 0.717) is 16.4 Å². The van der Waals surface area contributed by atoms with Crippen molar-refractivity contribution in [3.8, 4) is 11.3 Å². The van der Waals surface area contributed by atoms with Gasteiger partial charge in [-0.3, -0.25) is 9.36 Å². The second-order valence-corrected chi connectivity index (χ2v) is 7.88. The van der Waals surface area contributed by atoms with E-state index < -0.39 is 11.2 Å². The Morgan fingerprint density at radius 3 is 2.92 bits per heavy atom. The van der Waals surface area contributed by atoms with E-state index in [1.165, 1.54) is 10.1 Å². The number of nitrogens with zero attached hydrogens (tertiary/aromatic N) is 2. The van der Waals surface area contributed by atoms with E-state index in [9.17, 15) is 14.7 Å². The third-order valence-corrected chi connectivity index (χ3v) is 6.38. The summed E-state index contributed by atoms with van der Waals surface area (Å²) in [5.41, 5.74) is 3.20. The van der Waals surface area contributed by atoms with Crippen molar-refractivity contribution in [2.75, 3.05) is 0 Å². The van der Waals surface area contributed by atoms with Gasteiger partial charge in [-0.1, -0.05) is 49.9 Å². The number of carboxylic acids is 1. The summed E-state index contributed by atoms with van der Waals surface area (Å²) in [6.45, 7) is 4.30. The van der Waals surface area contributed by atoms with Crippen LogP contribution in [-0.4, -0.2) is 20.8 Å². The Labute approximate surface area is 143 Å². The van der Waals surface area contributed by atoms with E-state index in [-0.39, 0.29) is 17.5 Å². The molecule has 0 saturated carbocycles. The Balaban J connectivity index is 2.00. The van der Waals surface area contributed by atoms with Crippen molar-refractivity contribution < 1.29 is 9.90 Å². The number of benzene rings is 1. The van der Waals surface area contributed by atoms with Crippen LogP contribution in [0.1, 0.15) is 31.4 Å². The summed E-state index contributed by atoms with van der Waals surface area (Å²) >= 11 is 1.10. The van der Waals surface area contributed by atoms with Crippen LogP contribution in [-0.2, 0) is 23.2 Å². The van der Waals surface area contributed by atoms with E-state index in [4.69, 9.17) is 4.98 Å². The van der Waals surface area contributed by atoms with Gasteiger partial charge >= 0.3 is 0 Å². The van der Waals surface area contributed by atoms with Crippen LogP contribution in [0.25, 0.3) is 11.3 Å². The molecule has 2 heterocycles. The number of carbonyl (C=O) groups is 1. The molecule has 2 unspecified atom stereocenters. The molecule has 4 rings (SSSR count). The lowest BCUT2D eigenvalue weighted by Gasteiger charge is -2.35. The third kappa shape index (κ3) is 2.05. The van der Waals surface area contributed by atoms with Crippen LogP contribution >= 0.6 is 11.8 Å². The Morgan fingerprint density at radius 2 is 2.21 bits per heavy atom. The number of hydrogen-bond donors (Lipinski definition) is 0. The molecule has 0 spiro atoms.